The monoisotopic (exact) mass is 152 g/mol. The standard InChI is InChI=1S/C8H12N2O/c1-8(4-5-9)3-2-6-10-7(8)11/h2-4,6H2,1H3,(H,10,11)/t8-/m1/s1. The number of hydrogen-bond donors (Lipinski definition) is 1. The smallest absolute Gasteiger partial charge is 0.226 e. The lowest BCUT2D eigenvalue weighted by atomic mass is 9.79. The zero-order valence-electron chi connectivity index (χ0n) is 6.68. The highest BCUT2D eigenvalue weighted by Crippen LogP contribution is 2.29. The largest absolute Gasteiger partial charge is 0.356 e. The molecule has 1 amide bonds. The van der Waals surface area contributed by atoms with Crippen LogP contribution in [0, 0.1) is 16.7 Å². The summed E-state index contributed by atoms with van der Waals surface area (Å²) in [5.74, 6) is 0.0327. The zero-order chi connectivity index (χ0) is 8.32. The Balaban J connectivity index is 2.66. The van der Waals surface area contributed by atoms with E-state index in [-0.39, 0.29) is 5.91 Å². The van der Waals surface area contributed by atoms with Crippen molar-refractivity contribution in [3.8, 4) is 6.07 Å². The Morgan fingerprint density at radius 1 is 1.82 bits per heavy atom. The van der Waals surface area contributed by atoms with Crippen LogP contribution in [0.4, 0.5) is 0 Å². The van der Waals surface area contributed by atoms with E-state index >= 15 is 0 Å². The molecule has 0 radical (unpaired) electrons. The predicted octanol–water partition coefficient (Wildman–Crippen LogP) is 0.816. The van der Waals surface area contributed by atoms with Gasteiger partial charge in [-0.25, -0.2) is 0 Å². The summed E-state index contributed by atoms with van der Waals surface area (Å²) in [6, 6.07) is 2.05. The van der Waals surface area contributed by atoms with Crippen LogP contribution in [0.25, 0.3) is 0 Å². The number of carbonyl (C=O) groups excluding carboxylic acids is 1. The molecule has 0 aliphatic carbocycles. The van der Waals surface area contributed by atoms with Crippen LogP contribution in [0.15, 0.2) is 0 Å². The molecule has 1 atom stereocenters. The van der Waals surface area contributed by atoms with Gasteiger partial charge in [0.15, 0.2) is 0 Å². The number of nitrogens with zero attached hydrogens (tertiary/aromatic N) is 1. The van der Waals surface area contributed by atoms with Gasteiger partial charge in [0.1, 0.15) is 0 Å². The molecule has 1 saturated heterocycles. The molecule has 1 rings (SSSR count). The molecule has 1 N–H and O–H groups in total. The molecule has 0 aromatic heterocycles. The van der Waals surface area contributed by atoms with E-state index in [0.717, 1.165) is 19.4 Å². The van der Waals surface area contributed by atoms with E-state index in [1.807, 2.05) is 13.0 Å². The highest BCUT2D eigenvalue weighted by Gasteiger charge is 2.34. The van der Waals surface area contributed by atoms with Crippen LogP contribution >= 0.6 is 0 Å². The molecule has 0 saturated carbocycles. The fourth-order valence-corrected chi connectivity index (χ4v) is 1.35. The summed E-state index contributed by atoms with van der Waals surface area (Å²) >= 11 is 0. The minimum Gasteiger partial charge on any atom is -0.356 e. The lowest BCUT2D eigenvalue weighted by Gasteiger charge is -2.29. The Labute approximate surface area is 66.4 Å². The predicted molar refractivity (Wildman–Crippen MR) is 40.6 cm³/mol. The van der Waals surface area contributed by atoms with Gasteiger partial charge in [-0.15, -0.1) is 0 Å². The highest BCUT2D eigenvalue weighted by atomic mass is 16.2. The Morgan fingerprint density at radius 2 is 2.55 bits per heavy atom. The lowest BCUT2D eigenvalue weighted by Crippen LogP contribution is -2.43. The Morgan fingerprint density at radius 3 is 3.09 bits per heavy atom. The van der Waals surface area contributed by atoms with Crippen LogP contribution in [0.1, 0.15) is 26.2 Å². The van der Waals surface area contributed by atoms with Crippen molar-refractivity contribution in [3.63, 3.8) is 0 Å². The van der Waals surface area contributed by atoms with Crippen molar-refractivity contribution in [3.05, 3.63) is 0 Å². The van der Waals surface area contributed by atoms with Gasteiger partial charge in [-0.1, -0.05) is 0 Å². The molecule has 1 heterocycles. The van der Waals surface area contributed by atoms with E-state index in [2.05, 4.69) is 5.32 Å². The number of nitrogens with one attached hydrogen (secondary N) is 1. The van der Waals surface area contributed by atoms with E-state index in [4.69, 9.17) is 5.26 Å². The number of hydrogen-bond acceptors (Lipinski definition) is 2. The fourth-order valence-electron chi connectivity index (χ4n) is 1.35. The number of nitriles is 1. The maximum absolute atomic E-state index is 11.2. The minimum absolute atomic E-state index is 0.0327. The average molecular weight is 152 g/mol. The first-order valence-electron chi connectivity index (χ1n) is 3.84. The Hall–Kier alpha value is -1.04. The van der Waals surface area contributed by atoms with Gasteiger partial charge in [-0.05, 0) is 19.8 Å². The lowest BCUT2D eigenvalue weighted by molar-refractivity contribution is -0.132. The van der Waals surface area contributed by atoms with E-state index in [9.17, 15) is 4.79 Å². The summed E-state index contributed by atoms with van der Waals surface area (Å²) < 4.78 is 0. The molecule has 0 aromatic rings. The first-order valence-corrected chi connectivity index (χ1v) is 3.84. The first kappa shape index (κ1) is 8.06. The molecule has 0 unspecified atom stereocenters. The zero-order valence-corrected chi connectivity index (χ0v) is 6.68. The van der Waals surface area contributed by atoms with Crippen molar-refractivity contribution < 1.29 is 4.79 Å². The molecule has 1 aliphatic heterocycles. The van der Waals surface area contributed by atoms with Crippen molar-refractivity contribution in [2.75, 3.05) is 6.54 Å². The third kappa shape index (κ3) is 1.51. The molecule has 1 aliphatic rings. The third-order valence-electron chi connectivity index (χ3n) is 2.21. The first-order chi connectivity index (χ1) is 5.19. The second kappa shape index (κ2) is 2.91. The number of piperidine rings is 1. The van der Waals surface area contributed by atoms with Crippen molar-refractivity contribution in [1.82, 2.24) is 5.32 Å². The minimum atomic E-state index is -0.424. The van der Waals surface area contributed by atoms with Crippen LogP contribution in [0.5, 0.6) is 0 Å². The van der Waals surface area contributed by atoms with Crippen molar-refractivity contribution >= 4 is 5.91 Å². The molecule has 60 valence electrons. The van der Waals surface area contributed by atoms with Crippen molar-refractivity contribution in [1.29, 1.82) is 5.26 Å². The fraction of sp³-hybridized carbons (Fsp3) is 0.750. The quantitative estimate of drug-likeness (QED) is 0.604. The van der Waals surface area contributed by atoms with Crippen molar-refractivity contribution in [2.45, 2.75) is 26.2 Å². The Bertz CT molecular complexity index is 207. The molecular formula is C8H12N2O. The number of amides is 1. The summed E-state index contributed by atoms with van der Waals surface area (Å²) in [5, 5.41) is 11.2. The molecule has 0 spiro atoms. The normalized spacial score (nSPS) is 30.7. The van der Waals surface area contributed by atoms with E-state index in [1.54, 1.807) is 0 Å². The van der Waals surface area contributed by atoms with Gasteiger partial charge >= 0.3 is 0 Å². The topological polar surface area (TPSA) is 52.9 Å². The summed E-state index contributed by atoms with van der Waals surface area (Å²) in [4.78, 5) is 11.2. The molecule has 0 bridgehead atoms. The van der Waals surface area contributed by atoms with Gasteiger partial charge in [0.05, 0.1) is 11.5 Å². The maximum Gasteiger partial charge on any atom is 0.226 e. The molecule has 0 aromatic carbocycles. The second-order valence-electron chi connectivity index (χ2n) is 3.26. The van der Waals surface area contributed by atoms with Crippen molar-refractivity contribution in [2.24, 2.45) is 5.41 Å². The van der Waals surface area contributed by atoms with E-state index < -0.39 is 5.41 Å². The summed E-state index contributed by atoms with van der Waals surface area (Å²) in [6.45, 7) is 2.62. The van der Waals surface area contributed by atoms with Gasteiger partial charge in [-0.2, -0.15) is 5.26 Å². The SMILES string of the molecule is C[C@]1(CC#N)CCCNC1=O. The van der Waals surface area contributed by atoms with Gasteiger partial charge in [0.2, 0.25) is 5.91 Å². The van der Waals surface area contributed by atoms with Gasteiger partial charge < -0.3 is 5.32 Å². The summed E-state index contributed by atoms with van der Waals surface area (Å²) in [5.41, 5.74) is -0.424. The summed E-state index contributed by atoms with van der Waals surface area (Å²) in [6.07, 6.45) is 2.16. The van der Waals surface area contributed by atoms with Crippen LogP contribution in [0.2, 0.25) is 0 Å². The second-order valence-corrected chi connectivity index (χ2v) is 3.26. The van der Waals surface area contributed by atoms with Crippen LogP contribution < -0.4 is 5.32 Å². The molecular weight excluding hydrogens is 140 g/mol. The number of carbonyl (C=O) groups is 1. The van der Waals surface area contributed by atoms with Crippen LogP contribution in [-0.4, -0.2) is 12.5 Å². The maximum atomic E-state index is 11.2. The third-order valence-corrected chi connectivity index (χ3v) is 2.21. The highest BCUT2D eigenvalue weighted by molar-refractivity contribution is 5.83. The molecule has 1 fully saturated rings. The van der Waals surface area contributed by atoms with Gasteiger partial charge in [0, 0.05) is 13.0 Å². The van der Waals surface area contributed by atoms with Crippen LogP contribution in [0.3, 0.4) is 0 Å². The molecule has 11 heavy (non-hydrogen) atoms. The molecule has 3 heteroatoms. The van der Waals surface area contributed by atoms with E-state index in [1.165, 1.54) is 0 Å². The van der Waals surface area contributed by atoms with Crippen LogP contribution in [-0.2, 0) is 4.79 Å². The van der Waals surface area contributed by atoms with Gasteiger partial charge in [-0.3, -0.25) is 4.79 Å². The molecule has 3 nitrogen and oxygen atoms in total. The summed E-state index contributed by atoms with van der Waals surface area (Å²) in [7, 11) is 0. The van der Waals surface area contributed by atoms with E-state index in [0.29, 0.717) is 6.42 Å². The number of rotatable bonds is 1. The average Bonchev–Trinajstić information content (AvgIpc) is 1.96. The van der Waals surface area contributed by atoms with Gasteiger partial charge in [0.25, 0.3) is 0 Å². The Kier molecular flexibility index (Phi) is 2.13.